The van der Waals surface area contributed by atoms with Gasteiger partial charge in [-0.05, 0) is 19.1 Å². The Hall–Kier alpha value is 0.0700. The summed E-state index contributed by atoms with van der Waals surface area (Å²) in [7, 11) is 0. The Balaban J connectivity index is 0.00000196. The number of hydrogen-bond donors (Lipinski definition) is 1. The number of thioether (sulfide) groups is 1. The fourth-order valence-corrected chi connectivity index (χ4v) is 2.62. The highest BCUT2D eigenvalue weighted by Gasteiger charge is 2.29. The molecule has 1 fully saturated rings. The number of nitrogens with zero attached hydrogens (tertiary/aromatic N) is 1. The van der Waals surface area contributed by atoms with E-state index in [0.717, 1.165) is 25.1 Å². The molecule has 15 heavy (non-hydrogen) atoms. The average Bonchev–Trinajstić information content (AvgIpc) is 2.64. The first-order chi connectivity index (χ1) is 6.70. The molecule has 0 saturated carbocycles. The van der Waals surface area contributed by atoms with Gasteiger partial charge in [0.15, 0.2) is 0 Å². The second-order valence-electron chi connectivity index (χ2n) is 3.92. The molecular formula is C10H21ClN2OS. The van der Waals surface area contributed by atoms with E-state index in [-0.39, 0.29) is 24.2 Å². The van der Waals surface area contributed by atoms with Crippen LogP contribution in [0.15, 0.2) is 0 Å². The molecule has 1 heterocycles. The van der Waals surface area contributed by atoms with Gasteiger partial charge in [-0.25, -0.2) is 0 Å². The van der Waals surface area contributed by atoms with Crippen molar-refractivity contribution in [2.24, 2.45) is 11.7 Å². The highest BCUT2D eigenvalue weighted by atomic mass is 35.5. The maximum absolute atomic E-state index is 12.0. The maximum Gasteiger partial charge on any atom is 0.226 e. The Morgan fingerprint density at radius 2 is 2.33 bits per heavy atom. The number of amides is 1. The lowest BCUT2D eigenvalue weighted by molar-refractivity contribution is -0.134. The van der Waals surface area contributed by atoms with Crippen molar-refractivity contribution in [1.82, 2.24) is 4.90 Å². The number of likely N-dealkylation sites (tertiary alicyclic amines) is 1. The topological polar surface area (TPSA) is 46.3 Å². The molecule has 0 aliphatic carbocycles. The standard InChI is InChI=1S/C10H20N2OS.ClH/c1-8(7-14-2)10(13)12-5-3-4-9(12)6-11;/h8-9H,3-7,11H2,1-2H3;1H. The molecule has 2 atom stereocenters. The maximum atomic E-state index is 12.0. The third-order valence-corrected chi connectivity index (χ3v) is 3.60. The SMILES string of the molecule is CSCC(C)C(=O)N1CCCC1CN.Cl. The summed E-state index contributed by atoms with van der Waals surface area (Å²) in [5.41, 5.74) is 5.64. The second kappa shape index (κ2) is 7.36. The zero-order valence-electron chi connectivity index (χ0n) is 9.44. The number of carbonyl (C=O) groups is 1. The first-order valence-corrected chi connectivity index (χ1v) is 6.59. The van der Waals surface area contributed by atoms with Crippen LogP contribution in [-0.4, -0.2) is 41.9 Å². The van der Waals surface area contributed by atoms with Crippen molar-refractivity contribution >= 4 is 30.1 Å². The van der Waals surface area contributed by atoms with Crippen LogP contribution in [0, 0.1) is 5.92 Å². The molecule has 1 saturated heterocycles. The molecule has 2 unspecified atom stereocenters. The lowest BCUT2D eigenvalue weighted by Gasteiger charge is -2.26. The van der Waals surface area contributed by atoms with Crippen LogP contribution in [0.2, 0.25) is 0 Å². The molecule has 2 N–H and O–H groups in total. The van der Waals surface area contributed by atoms with Gasteiger partial charge in [0, 0.05) is 30.8 Å². The van der Waals surface area contributed by atoms with Crippen LogP contribution >= 0.6 is 24.2 Å². The van der Waals surface area contributed by atoms with Gasteiger partial charge in [-0.15, -0.1) is 12.4 Å². The van der Waals surface area contributed by atoms with E-state index in [4.69, 9.17) is 5.73 Å². The van der Waals surface area contributed by atoms with Crippen molar-refractivity contribution in [3.05, 3.63) is 0 Å². The third kappa shape index (κ3) is 3.85. The van der Waals surface area contributed by atoms with Gasteiger partial charge in [0.05, 0.1) is 0 Å². The van der Waals surface area contributed by atoms with Crippen molar-refractivity contribution in [2.45, 2.75) is 25.8 Å². The molecule has 0 spiro atoms. The molecule has 0 bridgehead atoms. The van der Waals surface area contributed by atoms with Gasteiger partial charge < -0.3 is 10.6 Å². The Kier molecular flexibility index (Phi) is 7.40. The minimum absolute atomic E-state index is 0. The molecular weight excluding hydrogens is 232 g/mol. The van der Waals surface area contributed by atoms with E-state index in [1.165, 1.54) is 0 Å². The van der Waals surface area contributed by atoms with Crippen LogP contribution in [0.3, 0.4) is 0 Å². The second-order valence-corrected chi connectivity index (χ2v) is 4.83. The summed E-state index contributed by atoms with van der Waals surface area (Å²) >= 11 is 1.73. The molecule has 0 radical (unpaired) electrons. The number of nitrogens with two attached hydrogens (primary N) is 1. The van der Waals surface area contributed by atoms with Crippen molar-refractivity contribution in [3.8, 4) is 0 Å². The van der Waals surface area contributed by atoms with E-state index >= 15 is 0 Å². The quantitative estimate of drug-likeness (QED) is 0.822. The first kappa shape index (κ1) is 15.1. The Morgan fingerprint density at radius 3 is 2.87 bits per heavy atom. The fourth-order valence-electron chi connectivity index (χ4n) is 1.98. The minimum Gasteiger partial charge on any atom is -0.338 e. The summed E-state index contributed by atoms with van der Waals surface area (Å²) in [5.74, 6) is 1.33. The van der Waals surface area contributed by atoms with Crippen LogP contribution in [0.1, 0.15) is 19.8 Å². The van der Waals surface area contributed by atoms with Crippen molar-refractivity contribution < 1.29 is 4.79 Å². The van der Waals surface area contributed by atoms with Gasteiger partial charge in [0.25, 0.3) is 0 Å². The predicted molar refractivity (Wildman–Crippen MR) is 68.6 cm³/mol. The Labute approximate surface area is 103 Å². The average molecular weight is 253 g/mol. The molecule has 0 aromatic carbocycles. The molecule has 1 rings (SSSR count). The van der Waals surface area contributed by atoms with Crippen LogP contribution in [-0.2, 0) is 4.79 Å². The number of halogens is 1. The monoisotopic (exact) mass is 252 g/mol. The minimum atomic E-state index is 0. The van der Waals surface area contributed by atoms with Gasteiger partial charge >= 0.3 is 0 Å². The van der Waals surface area contributed by atoms with Gasteiger partial charge in [0.1, 0.15) is 0 Å². The van der Waals surface area contributed by atoms with E-state index in [9.17, 15) is 4.79 Å². The summed E-state index contributed by atoms with van der Waals surface area (Å²) in [6.07, 6.45) is 4.22. The number of hydrogen-bond acceptors (Lipinski definition) is 3. The Morgan fingerprint density at radius 1 is 1.67 bits per heavy atom. The van der Waals surface area contributed by atoms with Crippen molar-refractivity contribution in [2.75, 3.05) is 25.1 Å². The molecule has 3 nitrogen and oxygen atoms in total. The van der Waals surface area contributed by atoms with E-state index < -0.39 is 0 Å². The van der Waals surface area contributed by atoms with E-state index in [1.807, 2.05) is 18.1 Å². The van der Waals surface area contributed by atoms with E-state index in [0.29, 0.717) is 12.6 Å². The highest BCUT2D eigenvalue weighted by Crippen LogP contribution is 2.19. The lowest BCUT2D eigenvalue weighted by Crippen LogP contribution is -2.42. The van der Waals surface area contributed by atoms with E-state index in [2.05, 4.69) is 0 Å². The normalized spacial score (nSPS) is 22.3. The van der Waals surface area contributed by atoms with Crippen molar-refractivity contribution in [1.29, 1.82) is 0 Å². The smallest absolute Gasteiger partial charge is 0.226 e. The Bertz CT molecular complexity index is 204. The van der Waals surface area contributed by atoms with Crippen molar-refractivity contribution in [3.63, 3.8) is 0 Å². The molecule has 90 valence electrons. The van der Waals surface area contributed by atoms with Crippen LogP contribution in [0.5, 0.6) is 0 Å². The largest absolute Gasteiger partial charge is 0.338 e. The summed E-state index contributed by atoms with van der Waals surface area (Å²) < 4.78 is 0. The zero-order valence-corrected chi connectivity index (χ0v) is 11.1. The van der Waals surface area contributed by atoms with Crippen LogP contribution < -0.4 is 5.73 Å². The number of carbonyl (C=O) groups excluding carboxylic acids is 1. The third-order valence-electron chi connectivity index (χ3n) is 2.77. The van der Waals surface area contributed by atoms with Crippen LogP contribution in [0.4, 0.5) is 0 Å². The summed E-state index contributed by atoms with van der Waals surface area (Å²) in [6, 6.07) is 0.298. The lowest BCUT2D eigenvalue weighted by atomic mass is 10.1. The van der Waals surface area contributed by atoms with Gasteiger partial charge in [0.2, 0.25) is 5.91 Å². The molecule has 1 aliphatic rings. The molecule has 0 aromatic heterocycles. The summed E-state index contributed by atoms with van der Waals surface area (Å²) in [6.45, 7) is 3.52. The number of rotatable bonds is 4. The van der Waals surface area contributed by atoms with Gasteiger partial charge in [-0.3, -0.25) is 4.79 Å². The van der Waals surface area contributed by atoms with E-state index in [1.54, 1.807) is 11.8 Å². The van der Waals surface area contributed by atoms with Gasteiger partial charge in [-0.2, -0.15) is 11.8 Å². The molecule has 1 amide bonds. The fraction of sp³-hybridized carbons (Fsp3) is 0.900. The highest BCUT2D eigenvalue weighted by molar-refractivity contribution is 7.98. The molecule has 0 aromatic rings. The predicted octanol–water partition coefficient (Wildman–Crippen LogP) is 1.36. The molecule has 5 heteroatoms. The zero-order chi connectivity index (χ0) is 10.6. The molecule has 1 aliphatic heterocycles. The van der Waals surface area contributed by atoms with Crippen LogP contribution in [0.25, 0.3) is 0 Å². The first-order valence-electron chi connectivity index (χ1n) is 5.20. The summed E-state index contributed by atoms with van der Waals surface area (Å²) in [4.78, 5) is 13.9. The summed E-state index contributed by atoms with van der Waals surface area (Å²) in [5, 5.41) is 0. The van der Waals surface area contributed by atoms with Gasteiger partial charge in [-0.1, -0.05) is 6.92 Å².